The zero-order valence-corrected chi connectivity index (χ0v) is 9.71. The molecule has 0 aliphatic carbocycles. The molecule has 0 saturated carbocycles. The molecule has 2 rings (SSSR count). The van der Waals surface area contributed by atoms with Gasteiger partial charge in [0, 0.05) is 6.61 Å². The largest absolute Gasteiger partial charge is 0.382 e. The minimum atomic E-state index is -0.555. The van der Waals surface area contributed by atoms with Crippen LogP contribution in [0.1, 0.15) is 23.7 Å². The minimum absolute atomic E-state index is 0.115. The van der Waals surface area contributed by atoms with Gasteiger partial charge >= 0.3 is 0 Å². The summed E-state index contributed by atoms with van der Waals surface area (Å²) in [5.74, 6) is -0.369. The Kier molecular flexibility index (Phi) is 2.97. The number of nitrogens with zero attached hydrogens (tertiary/aromatic N) is 1. The quantitative estimate of drug-likeness (QED) is 0.712. The van der Waals surface area contributed by atoms with Gasteiger partial charge in [-0.1, -0.05) is 0 Å². The Bertz CT molecular complexity index is 406. The fourth-order valence-electron chi connectivity index (χ4n) is 1.73. The molecule has 1 aromatic rings. The standard InChI is InChI=1S/C9H14N4O2S/c1-4-5(2-3-15-4)12-9-6(8(11)14)7(10)13-16-9/h4-5,12H,2-3H2,1H3,(H2,10,13)(H2,11,14). The third-order valence-corrected chi connectivity index (χ3v) is 3.45. The molecule has 0 spiro atoms. The van der Waals surface area contributed by atoms with Gasteiger partial charge in [0.05, 0.1) is 12.1 Å². The van der Waals surface area contributed by atoms with E-state index < -0.39 is 5.91 Å². The summed E-state index contributed by atoms with van der Waals surface area (Å²) in [5, 5.41) is 3.84. The summed E-state index contributed by atoms with van der Waals surface area (Å²) in [4.78, 5) is 11.2. The zero-order chi connectivity index (χ0) is 11.7. The van der Waals surface area contributed by atoms with Gasteiger partial charge in [-0.25, -0.2) is 0 Å². The Balaban J connectivity index is 2.18. The van der Waals surface area contributed by atoms with Crippen LogP contribution in [-0.4, -0.2) is 29.0 Å². The summed E-state index contributed by atoms with van der Waals surface area (Å²) in [6.45, 7) is 2.71. The highest BCUT2D eigenvalue weighted by atomic mass is 32.1. The summed E-state index contributed by atoms with van der Waals surface area (Å²) in [6, 6.07) is 0.179. The van der Waals surface area contributed by atoms with E-state index >= 15 is 0 Å². The second-order valence-corrected chi connectivity index (χ2v) is 4.53. The van der Waals surface area contributed by atoms with Gasteiger partial charge in [0.1, 0.15) is 10.6 Å². The first kappa shape index (κ1) is 11.2. The van der Waals surface area contributed by atoms with Gasteiger partial charge in [-0.2, -0.15) is 4.37 Å². The van der Waals surface area contributed by atoms with Crippen molar-refractivity contribution in [2.75, 3.05) is 17.7 Å². The van der Waals surface area contributed by atoms with E-state index in [2.05, 4.69) is 9.69 Å². The monoisotopic (exact) mass is 242 g/mol. The SMILES string of the molecule is CC1OCCC1Nc1snc(N)c1C(N)=O. The van der Waals surface area contributed by atoms with Gasteiger partial charge in [0.25, 0.3) is 5.91 Å². The van der Waals surface area contributed by atoms with Gasteiger partial charge in [-0.15, -0.1) is 0 Å². The lowest BCUT2D eigenvalue weighted by Gasteiger charge is -2.16. The van der Waals surface area contributed by atoms with Crippen LogP contribution in [0.15, 0.2) is 0 Å². The predicted octanol–water partition coefficient (Wildman–Crippen LogP) is 0.414. The van der Waals surface area contributed by atoms with Crippen molar-refractivity contribution in [2.45, 2.75) is 25.5 Å². The highest BCUT2D eigenvalue weighted by Gasteiger charge is 2.27. The van der Waals surface area contributed by atoms with Crippen molar-refractivity contribution in [3.63, 3.8) is 0 Å². The fourth-order valence-corrected chi connectivity index (χ4v) is 2.51. The van der Waals surface area contributed by atoms with Crippen LogP contribution in [0.4, 0.5) is 10.8 Å². The summed E-state index contributed by atoms with van der Waals surface area (Å²) < 4.78 is 9.34. The van der Waals surface area contributed by atoms with E-state index in [4.69, 9.17) is 16.2 Å². The number of rotatable bonds is 3. The fraction of sp³-hybridized carbons (Fsp3) is 0.556. The molecule has 0 radical (unpaired) electrons. The van der Waals surface area contributed by atoms with E-state index in [1.807, 2.05) is 6.92 Å². The Labute approximate surface area is 97.1 Å². The van der Waals surface area contributed by atoms with Gasteiger partial charge in [-0.05, 0) is 24.9 Å². The van der Waals surface area contributed by atoms with E-state index in [9.17, 15) is 4.79 Å². The number of nitrogens with one attached hydrogen (secondary N) is 1. The molecule has 2 unspecified atom stereocenters. The number of hydrogen-bond donors (Lipinski definition) is 3. The van der Waals surface area contributed by atoms with Crippen LogP contribution < -0.4 is 16.8 Å². The van der Waals surface area contributed by atoms with E-state index in [0.29, 0.717) is 5.00 Å². The van der Waals surface area contributed by atoms with Crippen LogP contribution in [0, 0.1) is 0 Å². The number of carbonyl (C=O) groups is 1. The van der Waals surface area contributed by atoms with Gasteiger partial charge in [0.2, 0.25) is 0 Å². The Morgan fingerprint density at radius 2 is 2.44 bits per heavy atom. The number of hydrogen-bond acceptors (Lipinski definition) is 6. The van der Waals surface area contributed by atoms with E-state index in [1.54, 1.807) is 0 Å². The van der Waals surface area contributed by atoms with Crippen LogP contribution in [0.3, 0.4) is 0 Å². The zero-order valence-electron chi connectivity index (χ0n) is 8.90. The third-order valence-electron chi connectivity index (χ3n) is 2.66. The topological polar surface area (TPSA) is 103 Å². The van der Waals surface area contributed by atoms with Gasteiger partial charge in [-0.3, -0.25) is 4.79 Å². The average Bonchev–Trinajstić information content (AvgIpc) is 2.75. The number of aromatic nitrogens is 1. The first-order valence-electron chi connectivity index (χ1n) is 5.02. The van der Waals surface area contributed by atoms with E-state index in [0.717, 1.165) is 24.6 Å². The van der Waals surface area contributed by atoms with Gasteiger partial charge in [0.15, 0.2) is 5.82 Å². The van der Waals surface area contributed by atoms with Crippen molar-refractivity contribution in [3.05, 3.63) is 5.56 Å². The van der Waals surface area contributed by atoms with Crippen LogP contribution in [0.2, 0.25) is 0 Å². The Morgan fingerprint density at radius 3 is 3.00 bits per heavy atom. The molecule has 0 bridgehead atoms. The molecular weight excluding hydrogens is 228 g/mol. The number of amides is 1. The van der Waals surface area contributed by atoms with E-state index in [1.165, 1.54) is 0 Å². The maximum Gasteiger partial charge on any atom is 0.255 e. The highest BCUT2D eigenvalue weighted by molar-refractivity contribution is 7.11. The molecule has 1 amide bonds. The second-order valence-electron chi connectivity index (χ2n) is 3.75. The number of nitrogens with two attached hydrogens (primary N) is 2. The van der Waals surface area contributed by atoms with Crippen LogP contribution in [0.5, 0.6) is 0 Å². The van der Waals surface area contributed by atoms with Crippen molar-refractivity contribution in [1.29, 1.82) is 0 Å². The number of anilines is 2. The molecule has 6 nitrogen and oxygen atoms in total. The number of carbonyl (C=O) groups excluding carboxylic acids is 1. The molecule has 1 aliphatic heterocycles. The maximum atomic E-state index is 11.2. The first-order valence-corrected chi connectivity index (χ1v) is 5.80. The molecule has 2 atom stereocenters. The average molecular weight is 242 g/mol. The van der Waals surface area contributed by atoms with Crippen molar-refractivity contribution in [2.24, 2.45) is 5.73 Å². The predicted molar refractivity (Wildman–Crippen MR) is 62.5 cm³/mol. The molecule has 7 heteroatoms. The number of primary amides is 1. The second kappa shape index (κ2) is 4.26. The molecule has 16 heavy (non-hydrogen) atoms. The highest BCUT2D eigenvalue weighted by Crippen LogP contribution is 2.29. The van der Waals surface area contributed by atoms with Crippen LogP contribution in [-0.2, 0) is 4.74 Å². The minimum Gasteiger partial charge on any atom is -0.382 e. The van der Waals surface area contributed by atoms with E-state index in [-0.39, 0.29) is 23.5 Å². The summed E-state index contributed by atoms with van der Waals surface area (Å²) in [6.07, 6.45) is 1.01. The Morgan fingerprint density at radius 1 is 1.69 bits per heavy atom. The lowest BCUT2D eigenvalue weighted by Crippen LogP contribution is -2.27. The van der Waals surface area contributed by atoms with Crippen LogP contribution >= 0.6 is 11.5 Å². The molecule has 1 aromatic heterocycles. The normalized spacial score (nSPS) is 24.6. The van der Waals surface area contributed by atoms with Crippen molar-refractivity contribution in [3.8, 4) is 0 Å². The molecule has 1 saturated heterocycles. The molecule has 5 N–H and O–H groups in total. The molecule has 88 valence electrons. The van der Waals surface area contributed by atoms with Crippen molar-refractivity contribution >= 4 is 28.3 Å². The van der Waals surface area contributed by atoms with Crippen LogP contribution in [0.25, 0.3) is 0 Å². The third kappa shape index (κ3) is 1.96. The number of ether oxygens (including phenoxy) is 1. The summed E-state index contributed by atoms with van der Waals surface area (Å²) >= 11 is 1.15. The molecule has 1 fully saturated rings. The molecule has 1 aliphatic rings. The Hall–Kier alpha value is -1.34. The smallest absolute Gasteiger partial charge is 0.255 e. The van der Waals surface area contributed by atoms with Crippen molar-refractivity contribution in [1.82, 2.24) is 4.37 Å². The first-order chi connectivity index (χ1) is 7.59. The van der Waals surface area contributed by atoms with Gasteiger partial charge < -0.3 is 21.5 Å². The molecule has 2 heterocycles. The molecular formula is C9H14N4O2S. The molecule has 0 aromatic carbocycles. The summed E-state index contributed by atoms with van der Waals surface area (Å²) in [7, 11) is 0. The number of nitrogen functional groups attached to an aromatic ring is 1. The lowest BCUT2D eigenvalue weighted by atomic mass is 10.1. The maximum absolute atomic E-state index is 11.2. The van der Waals surface area contributed by atoms with Crippen molar-refractivity contribution < 1.29 is 9.53 Å². The lowest BCUT2D eigenvalue weighted by molar-refractivity contribution is 0.100. The summed E-state index contributed by atoms with van der Waals surface area (Å²) in [5.41, 5.74) is 11.1.